The zero-order valence-corrected chi connectivity index (χ0v) is 12.8. The third kappa shape index (κ3) is 4.27. The number of para-hydroxylation sites is 1. The molecule has 3 N–H and O–H groups in total. The van der Waals surface area contributed by atoms with Crippen LogP contribution >= 0.6 is 0 Å². The number of anilines is 1. The van der Waals surface area contributed by atoms with Crippen molar-refractivity contribution in [2.24, 2.45) is 0 Å². The molecule has 2 heterocycles. The number of aliphatic hydroxyl groups is 1. The summed E-state index contributed by atoms with van der Waals surface area (Å²) in [6.07, 6.45) is 1.48. The van der Waals surface area contributed by atoms with Crippen LogP contribution in [0, 0.1) is 10.1 Å². The van der Waals surface area contributed by atoms with Crippen LogP contribution in [0.2, 0.25) is 0 Å². The number of piperazine rings is 1. The number of benzene rings is 1. The van der Waals surface area contributed by atoms with E-state index in [1.165, 1.54) is 0 Å². The normalized spacial score (nSPS) is 18.9. The second kappa shape index (κ2) is 7.70. The molecule has 1 aromatic carbocycles. The van der Waals surface area contributed by atoms with Gasteiger partial charge in [-0.25, -0.2) is 0 Å². The Morgan fingerprint density at radius 1 is 1.43 bits per heavy atom. The lowest BCUT2D eigenvalue weighted by Crippen LogP contribution is -2.56. The molecule has 124 valence electrons. The monoisotopic (exact) mass is 320 g/mol. The molecule has 2 unspecified atom stereocenters. The van der Waals surface area contributed by atoms with Crippen LogP contribution in [0.5, 0.6) is 0 Å². The number of fused-ring (bicyclic) bond motifs is 1. The van der Waals surface area contributed by atoms with E-state index in [9.17, 15) is 5.11 Å². The number of hydrogen-bond donors (Lipinski definition) is 3. The van der Waals surface area contributed by atoms with E-state index in [1.54, 1.807) is 0 Å². The average Bonchev–Trinajstić information content (AvgIpc) is 2.54. The summed E-state index contributed by atoms with van der Waals surface area (Å²) in [6.45, 7) is 4.52. The number of hydrogen-bond acceptors (Lipinski definition) is 6. The van der Waals surface area contributed by atoms with E-state index in [-0.39, 0.29) is 12.1 Å². The van der Waals surface area contributed by atoms with E-state index < -0.39 is 5.09 Å². The first kappa shape index (κ1) is 16.9. The van der Waals surface area contributed by atoms with Gasteiger partial charge in [-0.3, -0.25) is 4.98 Å². The lowest BCUT2D eigenvalue weighted by Gasteiger charge is -2.40. The molecule has 0 radical (unpaired) electrons. The second-order valence-electron chi connectivity index (χ2n) is 5.29. The minimum Gasteiger partial charge on any atom is -0.391 e. The van der Waals surface area contributed by atoms with Crippen molar-refractivity contribution in [3.63, 3.8) is 0 Å². The van der Waals surface area contributed by atoms with Gasteiger partial charge in [0.2, 0.25) is 0 Å². The summed E-state index contributed by atoms with van der Waals surface area (Å²) in [5.41, 5.74) is 2.17. The Morgan fingerprint density at radius 3 is 2.83 bits per heavy atom. The lowest BCUT2D eigenvalue weighted by molar-refractivity contribution is -0.742. The van der Waals surface area contributed by atoms with Gasteiger partial charge < -0.3 is 20.5 Å². The molecule has 8 nitrogen and oxygen atoms in total. The van der Waals surface area contributed by atoms with Crippen molar-refractivity contribution in [1.29, 1.82) is 0 Å². The molecule has 2 atom stereocenters. The summed E-state index contributed by atoms with van der Waals surface area (Å²) in [5.74, 6) is 0. The van der Waals surface area contributed by atoms with E-state index in [0.29, 0.717) is 0 Å². The van der Waals surface area contributed by atoms with E-state index in [0.717, 1.165) is 36.2 Å². The SMILES string of the molecule is CC(O)C1CNCCN1c1ccnc2ccccc12.O=[N+]([O-])O. The minimum absolute atomic E-state index is 0.111. The smallest absolute Gasteiger partial charge is 0.291 e. The molecule has 0 bridgehead atoms. The molecule has 0 spiro atoms. The first-order valence-corrected chi connectivity index (χ1v) is 7.33. The van der Waals surface area contributed by atoms with Crippen molar-refractivity contribution in [2.45, 2.75) is 19.1 Å². The Labute approximate surface area is 133 Å². The Morgan fingerprint density at radius 2 is 2.13 bits per heavy atom. The molecule has 1 saturated heterocycles. The molecule has 0 saturated carbocycles. The van der Waals surface area contributed by atoms with Crippen LogP contribution in [0.25, 0.3) is 10.9 Å². The Bertz CT molecular complexity index is 655. The fourth-order valence-electron chi connectivity index (χ4n) is 2.79. The van der Waals surface area contributed by atoms with Gasteiger partial charge in [0.25, 0.3) is 5.09 Å². The first-order chi connectivity index (χ1) is 11.0. The first-order valence-electron chi connectivity index (χ1n) is 7.33. The van der Waals surface area contributed by atoms with Gasteiger partial charge >= 0.3 is 0 Å². The molecular formula is C15H20N4O4. The summed E-state index contributed by atoms with van der Waals surface area (Å²) in [4.78, 5) is 15.1. The molecule has 1 fully saturated rings. The van der Waals surface area contributed by atoms with Crippen molar-refractivity contribution in [1.82, 2.24) is 10.3 Å². The van der Waals surface area contributed by atoms with Crippen molar-refractivity contribution < 1.29 is 15.4 Å². The zero-order chi connectivity index (χ0) is 16.8. The topological polar surface area (TPSA) is 112 Å². The van der Waals surface area contributed by atoms with Crippen molar-refractivity contribution in [3.05, 3.63) is 46.6 Å². The highest BCUT2D eigenvalue weighted by Crippen LogP contribution is 2.28. The second-order valence-corrected chi connectivity index (χ2v) is 5.29. The van der Waals surface area contributed by atoms with Crippen LogP contribution in [-0.2, 0) is 0 Å². The largest absolute Gasteiger partial charge is 0.391 e. The number of nitrogens with zero attached hydrogens (tertiary/aromatic N) is 3. The maximum Gasteiger partial charge on any atom is 0.291 e. The Balaban J connectivity index is 0.000000433. The summed E-state index contributed by atoms with van der Waals surface area (Å²) in [7, 11) is 0. The van der Waals surface area contributed by atoms with Gasteiger partial charge in [-0.05, 0) is 19.1 Å². The van der Waals surface area contributed by atoms with E-state index in [1.807, 2.05) is 37.4 Å². The van der Waals surface area contributed by atoms with Gasteiger partial charge in [0.05, 0.1) is 17.7 Å². The molecule has 2 aromatic rings. The van der Waals surface area contributed by atoms with Gasteiger partial charge in [-0.1, -0.05) is 18.2 Å². The van der Waals surface area contributed by atoms with Crippen LogP contribution < -0.4 is 10.2 Å². The Hall–Kier alpha value is -2.45. The summed E-state index contributed by atoms with van der Waals surface area (Å²) in [5, 5.41) is 28.1. The highest BCUT2D eigenvalue weighted by molar-refractivity contribution is 5.91. The van der Waals surface area contributed by atoms with Crippen molar-refractivity contribution >= 4 is 16.6 Å². The van der Waals surface area contributed by atoms with Crippen LogP contribution in [0.15, 0.2) is 36.5 Å². The molecule has 8 heteroatoms. The number of rotatable bonds is 2. The van der Waals surface area contributed by atoms with Crippen LogP contribution in [0.3, 0.4) is 0 Å². The maximum atomic E-state index is 9.98. The molecule has 23 heavy (non-hydrogen) atoms. The van der Waals surface area contributed by atoms with E-state index >= 15 is 0 Å². The number of pyridine rings is 1. The highest BCUT2D eigenvalue weighted by Gasteiger charge is 2.27. The number of aromatic nitrogens is 1. The third-order valence-corrected chi connectivity index (χ3v) is 3.78. The predicted octanol–water partition coefficient (Wildman–Crippen LogP) is 1.05. The predicted molar refractivity (Wildman–Crippen MR) is 86.2 cm³/mol. The Kier molecular flexibility index (Phi) is 5.67. The van der Waals surface area contributed by atoms with Gasteiger partial charge in [0.15, 0.2) is 0 Å². The van der Waals surface area contributed by atoms with Gasteiger partial charge in [0.1, 0.15) is 0 Å². The lowest BCUT2D eigenvalue weighted by atomic mass is 10.1. The molecule has 1 aliphatic rings. The fourth-order valence-corrected chi connectivity index (χ4v) is 2.79. The van der Waals surface area contributed by atoms with Gasteiger partial charge in [-0.2, -0.15) is 0 Å². The molecule has 3 rings (SSSR count). The van der Waals surface area contributed by atoms with Crippen molar-refractivity contribution in [3.8, 4) is 0 Å². The molecule has 1 aliphatic heterocycles. The minimum atomic E-state index is -1.50. The number of aliphatic hydroxyl groups excluding tert-OH is 1. The molecule has 0 amide bonds. The number of nitrogens with one attached hydrogen (secondary N) is 1. The summed E-state index contributed by atoms with van der Waals surface area (Å²) < 4.78 is 0. The molecule has 0 aliphatic carbocycles. The maximum absolute atomic E-state index is 9.98. The summed E-state index contributed by atoms with van der Waals surface area (Å²) >= 11 is 0. The summed E-state index contributed by atoms with van der Waals surface area (Å²) in [6, 6.07) is 10.3. The molecule has 1 aromatic heterocycles. The zero-order valence-electron chi connectivity index (χ0n) is 12.8. The quantitative estimate of drug-likeness (QED) is 0.560. The van der Waals surface area contributed by atoms with Gasteiger partial charge in [0, 0.05) is 36.9 Å². The standard InChI is InChI=1S/C15H19N3O.HNO3/c1-11(19)15-10-16-8-9-18(15)14-6-7-17-13-5-3-2-4-12(13)14;2-1(3)4/h2-7,11,15-16,19H,8-10H2,1H3;(H,2,3,4). The molecular weight excluding hydrogens is 300 g/mol. The van der Waals surface area contributed by atoms with E-state index in [2.05, 4.69) is 21.3 Å². The van der Waals surface area contributed by atoms with Crippen LogP contribution in [-0.4, -0.2) is 52.2 Å². The highest BCUT2D eigenvalue weighted by atomic mass is 16.9. The fraction of sp³-hybridized carbons (Fsp3) is 0.400. The third-order valence-electron chi connectivity index (χ3n) is 3.78. The van der Waals surface area contributed by atoms with Crippen LogP contribution in [0.1, 0.15) is 6.92 Å². The average molecular weight is 320 g/mol. The van der Waals surface area contributed by atoms with Crippen molar-refractivity contribution in [2.75, 3.05) is 24.5 Å². The van der Waals surface area contributed by atoms with Gasteiger partial charge in [-0.15, -0.1) is 10.1 Å². The van der Waals surface area contributed by atoms with E-state index in [4.69, 9.17) is 15.3 Å². The van der Waals surface area contributed by atoms with Crippen LogP contribution in [0.4, 0.5) is 5.69 Å².